The smallest absolute Gasteiger partial charge is 0.224 e. The van der Waals surface area contributed by atoms with Crippen LogP contribution in [0.1, 0.15) is 36.2 Å². The molecule has 3 rings (SSSR count). The molecular weight excluding hydrogens is 272 g/mol. The zero-order valence-electron chi connectivity index (χ0n) is 11.7. The Hall–Kier alpha value is -1.55. The van der Waals surface area contributed by atoms with Gasteiger partial charge in [0.1, 0.15) is 5.82 Å². The Morgan fingerprint density at radius 1 is 1.25 bits per heavy atom. The zero-order valence-corrected chi connectivity index (χ0v) is 12.5. The van der Waals surface area contributed by atoms with Crippen molar-refractivity contribution < 1.29 is 0 Å². The Labute approximate surface area is 124 Å². The van der Waals surface area contributed by atoms with Crippen LogP contribution in [0.15, 0.2) is 18.2 Å². The molecule has 0 radical (unpaired) electrons. The largest absolute Gasteiger partial charge is 0.350 e. The molecule has 5 heteroatoms. The molecule has 20 heavy (non-hydrogen) atoms. The van der Waals surface area contributed by atoms with E-state index in [1.165, 1.54) is 19.3 Å². The number of anilines is 1. The summed E-state index contributed by atoms with van der Waals surface area (Å²) in [5.41, 5.74) is 2.26. The van der Waals surface area contributed by atoms with Crippen molar-refractivity contribution in [3.05, 3.63) is 40.2 Å². The lowest BCUT2D eigenvalue weighted by Gasteiger charge is -2.09. The fourth-order valence-corrected chi connectivity index (χ4v) is 2.75. The average molecular weight is 291 g/mol. The van der Waals surface area contributed by atoms with Crippen molar-refractivity contribution in [3.63, 3.8) is 0 Å². The summed E-state index contributed by atoms with van der Waals surface area (Å²) < 4.78 is 2.21. The molecule has 0 bridgehead atoms. The highest BCUT2D eigenvalue weighted by atomic mass is 35.5. The molecule has 0 fully saturated rings. The first kappa shape index (κ1) is 13.4. The number of halogens is 1. The van der Waals surface area contributed by atoms with Gasteiger partial charge in [-0.05, 0) is 37.0 Å². The van der Waals surface area contributed by atoms with Gasteiger partial charge in [0.15, 0.2) is 0 Å². The SMILES string of the molecule is Cc1ccc(CNc2nnc3n2CCCCC3)cc1Cl. The van der Waals surface area contributed by atoms with Gasteiger partial charge in [-0.3, -0.25) is 4.57 Å². The van der Waals surface area contributed by atoms with Crippen LogP contribution in [0.25, 0.3) is 0 Å². The summed E-state index contributed by atoms with van der Waals surface area (Å²) in [5.74, 6) is 1.98. The molecule has 1 aliphatic rings. The third kappa shape index (κ3) is 2.80. The fourth-order valence-electron chi connectivity index (χ4n) is 2.54. The van der Waals surface area contributed by atoms with Crippen LogP contribution < -0.4 is 5.32 Å². The number of hydrogen-bond acceptors (Lipinski definition) is 3. The lowest BCUT2D eigenvalue weighted by atomic mass is 10.1. The van der Waals surface area contributed by atoms with E-state index in [0.29, 0.717) is 0 Å². The Morgan fingerprint density at radius 2 is 2.15 bits per heavy atom. The van der Waals surface area contributed by atoms with Gasteiger partial charge in [0, 0.05) is 24.5 Å². The summed E-state index contributed by atoms with van der Waals surface area (Å²) >= 11 is 6.15. The van der Waals surface area contributed by atoms with Gasteiger partial charge in [0.25, 0.3) is 0 Å². The van der Waals surface area contributed by atoms with Crippen LogP contribution in [0.4, 0.5) is 5.95 Å². The summed E-state index contributed by atoms with van der Waals surface area (Å²) in [4.78, 5) is 0. The van der Waals surface area contributed by atoms with Gasteiger partial charge in [-0.25, -0.2) is 0 Å². The summed E-state index contributed by atoms with van der Waals surface area (Å²) in [6.07, 6.45) is 4.73. The molecule has 1 aromatic heterocycles. The van der Waals surface area contributed by atoms with Gasteiger partial charge in [0.05, 0.1) is 0 Å². The Bertz CT molecular complexity index is 606. The third-order valence-electron chi connectivity index (χ3n) is 3.80. The van der Waals surface area contributed by atoms with E-state index in [1.54, 1.807) is 0 Å². The van der Waals surface area contributed by atoms with Gasteiger partial charge >= 0.3 is 0 Å². The zero-order chi connectivity index (χ0) is 13.9. The molecule has 0 aliphatic carbocycles. The molecule has 1 aromatic carbocycles. The summed E-state index contributed by atoms with van der Waals surface area (Å²) in [6.45, 7) is 3.75. The van der Waals surface area contributed by atoms with Crippen LogP contribution in [-0.4, -0.2) is 14.8 Å². The highest BCUT2D eigenvalue weighted by molar-refractivity contribution is 6.31. The van der Waals surface area contributed by atoms with Crippen molar-refractivity contribution >= 4 is 17.5 Å². The number of benzene rings is 1. The van der Waals surface area contributed by atoms with Crippen molar-refractivity contribution in [3.8, 4) is 0 Å². The number of aryl methyl sites for hydroxylation is 2. The van der Waals surface area contributed by atoms with E-state index in [9.17, 15) is 0 Å². The van der Waals surface area contributed by atoms with Crippen LogP contribution >= 0.6 is 11.6 Å². The van der Waals surface area contributed by atoms with Crippen LogP contribution in [0.2, 0.25) is 5.02 Å². The normalized spacial score (nSPS) is 14.7. The van der Waals surface area contributed by atoms with Crippen LogP contribution in [-0.2, 0) is 19.5 Å². The van der Waals surface area contributed by atoms with E-state index in [0.717, 1.165) is 47.4 Å². The first-order valence-corrected chi connectivity index (χ1v) is 7.53. The minimum Gasteiger partial charge on any atom is -0.350 e. The molecule has 1 aliphatic heterocycles. The molecule has 0 saturated carbocycles. The number of nitrogens with zero attached hydrogens (tertiary/aromatic N) is 3. The summed E-state index contributed by atoms with van der Waals surface area (Å²) in [7, 11) is 0. The minimum atomic E-state index is 0.720. The average Bonchev–Trinajstić information content (AvgIpc) is 2.68. The van der Waals surface area contributed by atoms with E-state index >= 15 is 0 Å². The molecule has 106 valence electrons. The van der Waals surface area contributed by atoms with Crippen LogP contribution in [0, 0.1) is 6.92 Å². The van der Waals surface area contributed by atoms with Crippen molar-refractivity contribution in [2.75, 3.05) is 5.32 Å². The number of aromatic nitrogens is 3. The van der Waals surface area contributed by atoms with Crippen molar-refractivity contribution in [1.29, 1.82) is 0 Å². The Kier molecular flexibility index (Phi) is 3.92. The Balaban J connectivity index is 1.72. The van der Waals surface area contributed by atoms with Gasteiger partial charge in [0.2, 0.25) is 5.95 Å². The maximum atomic E-state index is 6.15. The van der Waals surface area contributed by atoms with E-state index in [1.807, 2.05) is 19.1 Å². The third-order valence-corrected chi connectivity index (χ3v) is 4.20. The van der Waals surface area contributed by atoms with Crippen molar-refractivity contribution in [1.82, 2.24) is 14.8 Å². The summed E-state index contributed by atoms with van der Waals surface area (Å²) in [6, 6.07) is 6.14. The molecule has 1 N–H and O–H groups in total. The standard InChI is InChI=1S/C15H19ClN4/c1-11-6-7-12(9-13(11)16)10-17-15-19-18-14-5-3-2-4-8-20(14)15/h6-7,9H,2-5,8,10H2,1H3,(H,17,19). The topological polar surface area (TPSA) is 42.7 Å². The van der Waals surface area contributed by atoms with Gasteiger partial charge in [-0.2, -0.15) is 0 Å². The van der Waals surface area contributed by atoms with E-state index in [-0.39, 0.29) is 0 Å². The lowest BCUT2D eigenvalue weighted by molar-refractivity contribution is 0.635. The highest BCUT2D eigenvalue weighted by Gasteiger charge is 2.14. The molecule has 4 nitrogen and oxygen atoms in total. The molecule has 0 unspecified atom stereocenters. The molecule has 2 heterocycles. The van der Waals surface area contributed by atoms with E-state index in [4.69, 9.17) is 11.6 Å². The molecule has 2 aromatic rings. The molecule has 0 saturated heterocycles. The number of rotatable bonds is 3. The first-order chi connectivity index (χ1) is 9.74. The highest BCUT2D eigenvalue weighted by Crippen LogP contribution is 2.19. The second-order valence-corrected chi connectivity index (χ2v) is 5.75. The lowest BCUT2D eigenvalue weighted by Crippen LogP contribution is -2.09. The second kappa shape index (κ2) is 5.83. The first-order valence-electron chi connectivity index (χ1n) is 7.15. The van der Waals surface area contributed by atoms with Gasteiger partial charge < -0.3 is 5.32 Å². The number of fused-ring (bicyclic) bond motifs is 1. The van der Waals surface area contributed by atoms with E-state index in [2.05, 4.69) is 26.1 Å². The van der Waals surface area contributed by atoms with Gasteiger partial charge in [-0.15, -0.1) is 10.2 Å². The monoisotopic (exact) mass is 290 g/mol. The quantitative estimate of drug-likeness (QED) is 0.939. The molecular formula is C15H19ClN4. The molecule has 0 atom stereocenters. The van der Waals surface area contributed by atoms with Crippen LogP contribution in [0.3, 0.4) is 0 Å². The molecule has 0 spiro atoms. The maximum Gasteiger partial charge on any atom is 0.224 e. The van der Waals surface area contributed by atoms with Crippen molar-refractivity contribution in [2.24, 2.45) is 0 Å². The predicted octanol–water partition coefficient (Wildman–Crippen LogP) is 3.58. The molecule has 0 amide bonds. The second-order valence-electron chi connectivity index (χ2n) is 5.34. The summed E-state index contributed by atoms with van der Waals surface area (Å²) in [5, 5.41) is 12.7. The number of hydrogen-bond donors (Lipinski definition) is 1. The maximum absolute atomic E-state index is 6.15. The van der Waals surface area contributed by atoms with Gasteiger partial charge in [-0.1, -0.05) is 30.2 Å². The number of nitrogens with one attached hydrogen (secondary N) is 1. The van der Waals surface area contributed by atoms with E-state index < -0.39 is 0 Å². The minimum absolute atomic E-state index is 0.720. The fraction of sp³-hybridized carbons (Fsp3) is 0.467. The van der Waals surface area contributed by atoms with Crippen LogP contribution in [0.5, 0.6) is 0 Å². The van der Waals surface area contributed by atoms with Crippen molar-refractivity contribution in [2.45, 2.75) is 45.7 Å². The predicted molar refractivity (Wildman–Crippen MR) is 81.1 cm³/mol. The Morgan fingerprint density at radius 3 is 3.00 bits per heavy atom.